The van der Waals surface area contributed by atoms with Gasteiger partial charge in [0.2, 0.25) is 0 Å². The molecule has 0 fully saturated rings. The summed E-state index contributed by atoms with van der Waals surface area (Å²) in [6.07, 6.45) is 2.84. The van der Waals surface area contributed by atoms with Crippen molar-refractivity contribution in [2.24, 2.45) is 0 Å². The summed E-state index contributed by atoms with van der Waals surface area (Å²) in [4.78, 5) is 4.22. The Labute approximate surface area is 121 Å². The fourth-order valence-electron chi connectivity index (χ4n) is 2.27. The summed E-state index contributed by atoms with van der Waals surface area (Å²) in [5.74, 6) is 1.03. The van der Waals surface area contributed by atoms with Gasteiger partial charge in [0.05, 0.1) is 18.5 Å². The molecule has 0 saturated heterocycles. The monoisotopic (exact) mass is 318 g/mol. The lowest BCUT2D eigenvalue weighted by molar-refractivity contribution is 0.357. The zero-order valence-electron chi connectivity index (χ0n) is 10.7. The van der Waals surface area contributed by atoms with E-state index in [2.05, 4.69) is 51.4 Å². The molecule has 0 saturated carbocycles. The topological polar surface area (TPSA) is 34.2 Å². The first-order chi connectivity index (χ1) is 9.22. The summed E-state index contributed by atoms with van der Waals surface area (Å²) in [6.45, 7) is 2.96. The van der Waals surface area contributed by atoms with E-state index in [4.69, 9.17) is 4.74 Å². The van der Waals surface area contributed by atoms with E-state index in [9.17, 15) is 0 Å². The average molecular weight is 319 g/mol. The van der Waals surface area contributed by atoms with Gasteiger partial charge in [-0.15, -0.1) is 0 Å². The van der Waals surface area contributed by atoms with Crippen LogP contribution in [0, 0.1) is 0 Å². The minimum atomic E-state index is 0.244. The van der Waals surface area contributed by atoms with E-state index in [0.29, 0.717) is 0 Å². The van der Waals surface area contributed by atoms with E-state index in [-0.39, 0.29) is 6.04 Å². The first-order valence-electron chi connectivity index (χ1n) is 6.36. The molecule has 1 aliphatic heterocycles. The van der Waals surface area contributed by atoms with E-state index < -0.39 is 0 Å². The number of halogens is 1. The summed E-state index contributed by atoms with van der Waals surface area (Å²) < 4.78 is 6.38. The first-order valence-corrected chi connectivity index (χ1v) is 7.15. The molecule has 98 valence electrons. The quantitative estimate of drug-likeness (QED) is 0.870. The molecule has 1 atom stereocenters. The van der Waals surface area contributed by atoms with Crippen LogP contribution in [-0.4, -0.2) is 11.6 Å². The molecule has 2 heterocycles. The van der Waals surface area contributed by atoms with Crippen LogP contribution in [0.5, 0.6) is 5.75 Å². The molecule has 19 heavy (non-hydrogen) atoms. The summed E-state index contributed by atoms with van der Waals surface area (Å²) >= 11 is 3.34. The van der Waals surface area contributed by atoms with Crippen LogP contribution in [0.25, 0.3) is 0 Å². The van der Waals surface area contributed by atoms with Crippen LogP contribution in [0.4, 0.5) is 5.69 Å². The van der Waals surface area contributed by atoms with Gasteiger partial charge >= 0.3 is 0 Å². The molecule has 0 radical (unpaired) electrons. The third kappa shape index (κ3) is 2.73. The van der Waals surface area contributed by atoms with Gasteiger partial charge < -0.3 is 10.1 Å². The van der Waals surface area contributed by atoms with Crippen LogP contribution in [0.15, 0.2) is 41.1 Å². The Morgan fingerprint density at radius 3 is 3.00 bits per heavy atom. The predicted molar refractivity (Wildman–Crippen MR) is 79.6 cm³/mol. The molecule has 1 aromatic carbocycles. The molecular weight excluding hydrogens is 304 g/mol. The number of ether oxygens (including phenoxy) is 1. The highest BCUT2D eigenvalue weighted by Gasteiger charge is 2.14. The number of fused-ring (bicyclic) bond motifs is 1. The second-order valence-corrected chi connectivity index (χ2v) is 5.51. The Bertz CT molecular complexity index is 583. The molecule has 0 bridgehead atoms. The molecule has 3 rings (SSSR count). The third-order valence-electron chi connectivity index (χ3n) is 3.32. The zero-order chi connectivity index (χ0) is 13.2. The fraction of sp³-hybridized carbons (Fsp3) is 0.267. The normalized spacial score (nSPS) is 14.6. The maximum absolute atomic E-state index is 5.53. The average Bonchev–Trinajstić information content (AvgIpc) is 2.88. The van der Waals surface area contributed by atoms with Crippen molar-refractivity contribution < 1.29 is 4.74 Å². The highest BCUT2D eigenvalue weighted by molar-refractivity contribution is 9.10. The van der Waals surface area contributed by atoms with Crippen molar-refractivity contribution in [2.45, 2.75) is 19.4 Å². The SMILES string of the molecule is CC(Nc1ccc(Br)nc1)c1ccc2c(c1)CCO2. The summed E-state index contributed by atoms with van der Waals surface area (Å²) in [5, 5.41) is 3.45. The number of rotatable bonds is 3. The highest BCUT2D eigenvalue weighted by atomic mass is 79.9. The van der Waals surface area contributed by atoms with E-state index >= 15 is 0 Å². The maximum Gasteiger partial charge on any atom is 0.122 e. The second-order valence-electron chi connectivity index (χ2n) is 4.70. The van der Waals surface area contributed by atoms with Crippen LogP contribution in [0.2, 0.25) is 0 Å². The molecule has 2 aromatic rings. The van der Waals surface area contributed by atoms with Crippen molar-refractivity contribution in [1.29, 1.82) is 0 Å². The van der Waals surface area contributed by atoms with Crippen LogP contribution in [0.3, 0.4) is 0 Å². The second kappa shape index (κ2) is 5.21. The third-order valence-corrected chi connectivity index (χ3v) is 3.79. The Balaban J connectivity index is 1.76. The minimum Gasteiger partial charge on any atom is -0.493 e. The van der Waals surface area contributed by atoms with Crippen molar-refractivity contribution in [3.63, 3.8) is 0 Å². The van der Waals surface area contributed by atoms with E-state index in [1.54, 1.807) is 0 Å². The lowest BCUT2D eigenvalue weighted by atomic mass is 10.0. The molecule has 0 spiro atoms. The van der Waals surface area contributed by atoms with Gasteiger partial charge in [0, 0.05) is 12.5 Å². The molecule has 3 nitrogen and oxygen atoms in total. The Morgan fingerprint density at radius 1 is 1.32 bits per heavy atom. The molecule has 0 amide bonds. The van der Waals surface area contributed by atoms with Gasteiger partial charge in [0.1, 0.15) is 10.4 Å². The largest absolute Gasteiger partial charge is 0.493 e. The molecule has 1 N–H and O–H groups in total. The predicted octanol–water partition coefficient (Wildman–Crippen LogP) is 3.95. The summed E-state index contributed by atoms with van der Waals surface area (Å²) in [7, 11) is 0. The van der Waals surface area contributed by atoms with Gasteiger partial charge in [-0.1, -0.05) is 6.07 Å². The first kappa shape index (κ1) is 12.5. The number of pyridine rings is 1. The molecule has 1 aromatic heterocycles. The minimum absolute atomic E-state index is 0.244. The Kier molecular flexibility index (Phi) is 3.42. The van der Waals surface area contributed by atoms with Crippen molar-refractivity contribution in [2.75, 3.05) is 11.9 Å². The van der Waals surface area contributed by atoms with Crippen LogP contribution in [0.1, 0.15) is 24.1 Å². The summed E-state index contributed by atoms with van der Waals surface area (Å²) in [5.41, 5.74) is 3.60. The van der Waals surface area contributed by atoms with Crippen LogP contribution in [-0.2, 0) is 6.42 Å². The van der Waals surface area contributed by atoms with Crippen molar-refractivity contribution in [3.05, 3.63) is 52.3 Å². The van der Waals surface area contributed by atoms with Gasteiger partial charge in [-0.05, 0) is 58.2 Å². The van der Waals surface area contributed by atoms with Crippen molar-refractivity contribution in [1.82, 2.24) is 4.98 Å². The number of nitrogens with one attached hydrogen (secondary N) is 1. The summed E-state index contributed by atoms with van der Waals surface area (Å²) in [6, 6.07) is 10.6. The van der Waals surface area contributed by atoms with Gasteiger partial charge in [-0.2, -0.15) is 0 Å². The smallest absolute Gasteiger partial charge is 0.122 e. The van der Waals surface area contributed by atoms with E-state index in [1.807, 2.05) is 18.3 Å². The fourth-order valence-corrected chi connectivity index (χ4v) is 2.50. The lowest BCUT2D eigenvalue weighted by Gasteiger charge is -2.16. The number of hydrogen-bond acceptors (Lipinski definition) is 3. The molecule has 0 aliphatic carbocycles. The number of benzene rings is 1. The number of aromatic nitrogens is 1. The standard InChI is InChI=1S/C15H15BrN2O/c1-10(18-13-3-5-15(16)17-9-13)11-2-4-14-12(8-11)6-7-19-14/h2-5,8-10,18H,6-7H2,1H3. The highest BCUT2D eigenvalue weighted by Crippen LogP contribution is 2.29. The van der Waals surface area contributed by atoms with Gasteiger partial charge in [-0.25, -0.2) is 4.98 Å². The Hall–Kier alpha value is -1.55. The van der Waals surface area contributed by atoms with Crippen LogP contribution < -0.4 is 10.1 Å². The van der Waals surface area contributed by atoms with E-state index in [0.717, 1.165) is 29.1 Å². The van der Waals surface area contributed by atoms with Gasteiger partial charge in [0.15, 0.2) is 0 Å². The zero-order valence-corrected chi connectivity index (χ0v) is 12.3. The molecule has 4 heteroatoms. The Morgan fingerprint density at radius 2 is 2.21 bits per heavy atom. The van der Waals surface area contributed by atoms with E-state index in [1.165, 1.54) is 11.1 Å². The number of nitrogens with zero attached hydrogens (tertiary/aromatic N) is 1. The molecular formula is C15H15BrN2O. The number of anilines is 1. The molecule has 1 aliphatic rings. The van der Waals surface area contributed by atoms with Crippen molar-refractivity contribution in [3.8, 4) is 5.75 Å². The lowest BCUT2D eigenvalue weighted by Crippen LogP contribution is -2.07. The maximum atomic E-state index is 5.53. The van der Waals surface area contributed by atoms with Crippen LogP contribution >= 0.6 is 15.9 Å². The van der Waals surface area contributed by atoms with Gasteiger partial charge in [0.25, 0.3) is 0 Å². The van der Waals surface area contributed by atoms with Gasteiger partial charge in [-0.3, -0.25) is 0 Å². The van der Waals surface area contributed by atoms with Crippen molar-refractivity contribution >= 4 is 21.6 Å². The molecule has 1 unspecified atom stereocenters. The number of hydrogen-bond donors (Lipinski definition) is 1.